The molecule has 0 spiro atoms. The van der Waals surface area contributed by atoms with Gasteiger partial charge in [0.2, 0.25) is 0 Å². The predicted molar refractivity (Wildman–Crippen MR) is 55.6 cm³/mol. The van der Waals surface area contributed by atoms with Crippen LogP contribution in [0.25, 0.3) is 0 Å². The van der Waals surface area contributed by atoms with E-state index in [-0.39, 0.29) is 6.17 Å². The van der Waals surface area contributed by atoms with Gasteiger partial charge in [0.05, 0.1) is 6.17 Å². The molecule has 1 atom stereocenters. The van der Waals surface area contributed by atoms with Crippen molar-refractivity contribution in [2.45, 2.75) is 39.5 Å². The van der Waals surface area contributed by atoms with E-state index < -0.39 is 11.7 Å². The summed E-state index contributed by atoms with van der Waals surface area (Å²) in [5.41, 5.74) is 10.5. The van der Waals surface area contributed by atoms with Crippen molar-refractivity contribution < 1.29 is 9.53 Å². The first-order valence-electron chi connectivity index (χ1n) is 4.73. The lowest BCUT2D eigenvalue weighted by Gasteiger charge is -2.29. The molecule has 5 nitrogen and oxygen atoms in total. The van der Waals surface area contributed by atoms with Crippen LogP contribution in [0.1, 0.15) is 27.7 Å². The number of nitrogens with two attached hydrogens (primary N) is 2. The van der Waals surface area contributed by atoms with Gasteiger partial charge in [-0.15, -0.1) is 0 Å². The lowest BCUT2D eigenvalue weighted by Crippen LogP contribution is -2.48. The first-order chi connectivity index (χ1) is 6.28. The van der Waals surface area contributed by atoms with Crippen LogP contribution >= 0.6 is 0 Å². The van der Waals surface area contributed by atoms with E-state index in [1.54, 1.807) is 6.92 Å². The Morgan fingerprint density at radius 2 is 2.00 bits per heavy atom. The Labute approximate surface area is 85.4 Å². The topological polar surface area (TPSA) is 81.6 Å². The van der Waals surface area contributed by atoms with Crippen LogP contribution in [0.5, 0.6) is 0 Å². The number of hydrogen-bond donors (Lipinski definition) is 2. The smallest absolute Gasteiger partial charge is 0.411 e. The zero-order chi connectivity index (χ0) is 11.4. The van der Waals surface area contributed by atoms with Gasteiger partial charge >= 0.3 is 6.09 Å². The molecule has 0 saturated carbocycles. The molecule has 0 aromatic carbocycles. The van der Waals surface area contributed by atoms with Crippen molar-refractivity contribution in [1.82, 2.24) is 4.90 Å². The molecule has 0 aliphatic rings. The zero-order valence-corrected chi connectivity index (χ0v) is 9.41. The van der Waals surface area contributed by atoms with Crippen LogP contribution in [0.3, 0.4) is 0 Å². The van der Waals surface area contributed by atoms with E-state index in [1.807, 2.05) is 20.8 Å². The molecule has 0 rings (SSSR count). The monoisotopic (exact) mass is 203 g/mol. The van der Waals surface area contributed by atoms with Crippen LogP contribution in [0, 0.1) is 0 Å². The molecule has 1 amide bonds. The fourth-order valence-corrected chi connectivity index (χ4v) is 0.921. The van der Waals surface area contributed by atoms with Crippen LogP contribution in [-0.2, 0) is 4.74 Å². The van der Waals surface area contributed by atoms with Crippen molar-refractivity contribution in [1.29, 1.82) is 0 Å². The van der Waals surface area contributed by atoms with Crippen molar-refractivity contribution in [3.63, 3.8) is 0 Å². The maximum atomic E-state index is 11.6. The second-order valence-corrected chi connectivity index (χ2v) is 4.20. The standard InChI is InChI=1S/C9H21N3O2/c1-7(11)12(6-5-10)8(13)14-9(2,3)4/h7H,5-6,10-11H2,1-4H3. The molecule has 14 heavy (non-hydrogen) atoms. The highest BCUT2D eigenvalue weighted by atomic mass is 16.6. The van der Waals surface area contributed by atoms with E-state index in [2.05, 4.69) is 0 Å². The summed E-state index contributed by atoms with van der Waals surface area (Å²) in [7, 11) is 0. The second kappa shape index (κ2) is 5.17. The molecule has 0 heterocycles. The van der Waals surface area contributed by atoms with E-state index >= 15 is 0 Å². The Kier molecular flexibility index (Phi) is 4.87. The summed E-state index contributed by atoms with van der Waals surface area (Å²) in [6, 6.07) is 0. The minimum Gasteiger partial charge on any atom is -0.444 e. The largest absolute Gasteiger partial charge is 0.444 e. The number of hydrogen-bond acceptors (Lipinski definition) is 4. The molecule has 84 valence electrons. The molecule has 5 heteroatoms. The average Bonchev–Trinajstić information content (AvgIpc) is 1.95. The number of amides is 1. The van der Waals surface area contributed by atoms with Crippen LogP contribution in [0.2, 0.25) is 0 Å². The van der Waals surface area contributed by atoms with Gasteiger partial charge in [-0.25, -0.2) is 4.79 Å². The van der Waals surface area contributed by atoms with Crippen LogP contribution < -0.4 is 11.5 Å². The highest BCUT2D eigenvalue weighted by Crippen LogP contribution is 2.10. The lowest BCUT2D eigenvalue weighted by atomic mass is 10.2. The summed E-state index contributed by atoms with van der Waals surface area (Å²) >= 11 is 0. The minimum absolute atomic E-state index is 0.376. The summed E-state index contributed by atoms with van der Waals surface area (Å²) in [5.74, 6) is 0. The number of ether oxygens (including phenoxy) is 1. The average molecular weight is 203 g/mol. The number of rotatable bonds is 3. The number of carbonyl (C=O) groups excluding carboxylic acids is 1. The molecule has 0 radical (unpaired) electrons. The maximum Gasteiger partial charge on any atom is 0.411 e. The third kappa shape index (κ3) is 5.04. The number of nitrogens with zero attached hydrogens (tertiary/aromatic N) is 1. The molecule has 0 aromatic rings. The molecule has 0 aliphatic heterocycles. The van der Waals surface area contributed by atoms with Crippen LogP contribution in [0.4, 0.5) is 4.79 Å². The zero-order valence-electron chi connectivity index (χ0n) is 9.41. The second-order valence-electron chi connectivity index (χ2n) is 4.20. The van der Waals surface area contributed by atoms with Crippen molar-refractivity contribution in [2.24, 2.45) is 11.5 Å². The van der Waals surface area contributed by atoms with Crippen LogP contribution in [-0.4, -0.2) is 35.8 Å². The van der Waals surface area contributed by atoms with Gasteiger partial charge in [0.25, 0.3) is 0 Å². The van der Waals surface area contributed by atoms with Gasteiger partial charge in [-0.3, -0.25) is 4.90 Å². The molecule has 0 bridgehead atoms. The van der Waals surface area contributed by atoms with Crippen molar-refractivity contribution in [2.75, 3.05) is 13.1 Å². The molecule has 0 fully saturated rings. The first-order valence-corrected chi connectivity index (χ1v) is 4.73. The van der Waals surface area contributed by atoms with Gasteiger partial charge in [0, 0.05) is 13.1 Å². The fraction of sp³-hybridized carbons (Fsp3) is 0.889. The van der Waals surface area contributed by atoms with E-state index in [0.717, 1.165) is 0 Å². The number of carbonyl (C=O) groups is 1. The third-order valence-corrected chi connectivity index (χ3v) is 1.49. The first kappa shape index (κ1) is 13.2. The minimum atomic E-state index is -0.501. The Bertz CT molecular complexity index is 187. The maximum absolute atomic E-state index is 11.6. The molecular formula is C9H21N3O2. The van der Waals surface area contributed by atoms with E-state index in [0.29, 0.717) is 13.1 Å². The van der Waals surface area contributed by atoms with Crippen molar-refractivity contribution in [3.8, 4) is 0 Å². The van der Waals surface area contributed by atoms with Gasteiger partial charge in [0.1, 0.15) is 5.60 Å². The van der Waals surface area contributed by atoms with Crippen molar-refractivity contribution in [3.05, 3.63) is 0 Å². The Hall–Kier alpha value is -0.810. The molecule has 0 aromatic heterocycles. The summed E-state index contributed by atoms with van der Waals surface area (Å²) in [6.45, 7) is 7.94. The van der Waals surface area contributed by atoms with Gasteiger partial charge in [0.15, 0.2) is 0 Å². The summed E-state index contributed by atoms with van der Waals surface area (Å²) < 4.78 is 5.17. The van der Waals surface area contributed by atoms with E-state index in [9.17, 15) is 4.79 Å². The van der Waals surface area contributed by atoms with E-state index in [4.69, 9.17) is 16.2 Å². The Morgan fingerprint density at radius 3 is 2.29 bits per heavy atom. The summed E-state index contributed by atoms with van der Waals surface area (Å²) in [6.07, 6.45) is -0.800. The van der Waals surface area contributed by atoms with Gasteiger partial charge in [-0.2, -0.15) is 0 Å². The van der Waals surface area contributed by atoms with Gasteiger partial charge in [-0.1, -0.05) is 0 Å². The SMILES string of the molecule is CC(N)N(CCN)C(=O)OC(C)(C)C. The highest BCUT2D eigenvalue weighted by molar-refractivity contribution is 5.68. The Morgan fingerprint density at radius 1 is 1.50 bits per heavy atom. The van der Waals surface area contributed by atoms with Crippen molar-refractivity contribution >= 4 is 6.09 Å². The predicted octanol–water partition coefficient (Wildman–Crippen LogP) is 0.487. The quantitative estimate of drug-likeness (QED) is 0.654. The lowest BCUT2D eigenvalue weighted by molar-refractivity contribution is 0.0188. The summed E-state index contributed by atoms with van der Waals surface area (Å²) in [4.78, 5) is 13.0. The molecule has 0 aliphatic carbocycles. The van der Waals surface area contributed by atoms with Gasteiger partial charge in [-0.05, 0) is 27.7 Å². The highest BCUT2D eigenvalue weighted by Gasteiger charge is 2.23. The molecular weight excluding hydrogens is 182 g/mol. The van der Waals surface area contributed by atoms with Crippen LogP contribution in [0.15, 0.2) is 0 Å². The van der Waals surface area contributed by atoms with E-state index in [1.165, 1.54) is 4.90 Å². The van der Waals surface area contributed by atoms with Gasteiger partial charge < -0.3 is 16.2 Å². The summed E-state index contributed by atoms with van der Waals surface area (Å²) in [5, 5.41) is 0. The molecule has 4 N–H and O–H groups in total. The fourth-order valence-electron chi connectivity index (χ4n) is 0.921. The molecule has 1 unspecified atom stereocenters. The normalized spacial score (nSPS) is 13.6. The third-order valence-electron chi connectivity index (χ3n) is 1.49. The molecule has 0 saturated heterocycles. The Balaban J connectivity index is 4.30.